The van der Waals surface area contributed by atoms with Gasteiger partial charge in [0.15, 0.2) is 5.96 Å². The summed E-state index contributed by atoms with van der Waals surface area (Å²) in [4.78, 5) is 4.36. The fraction of sp³-hybridized carbons (Fsp3) is 0.857. The zero-order valence-corrected chi connectivity index (χ0v) is 6.75. The Morgan fingerprint density at radius 3 is 2.55 bits per heavy atom. The van der Waals surface area contributed by atoms with Gasteiger partial charge in [-0.05, 0) is 13.5 Å². The molecule has 0 amide bonds. The highest BCUT2D eigenvalue weighted by molar-refractivity contribution is 5.75. The van der Waals surface area contributed by atoms with Gasteiger partial charge in [-0.3, -0.25) is 10.3 Å². The third-order valence-corrected chi connectivity index (χ3v) is 2.82. The van der Waals surface area contributed by atoms with Crippen molar-refractivity contribution in [2.75, 3.05) is 20.1 Å². The van der Waals surface area contributed by atoms with Crippen molar-refractivity contribution in [3.8, 4) is 0 Å². The van der Waals surface area contributed by atoms with Gasteiger partial charge in [0.2, 0.25) is 0 Å². The number of nitrogens with zero attached hydrogens (tertiary/aromatic N) is 2. The van der Waals surface area contributed by atoms with Gasteiger partial charge < -0.3 is 10.6 Å². The Kier molecular flexibility index (Phi) is 1.32. The summed E-state index contributed by atoms with van der Waals surface area (Å²) in [5, 5.41) is 7.30. The number of likely N-dealkylation sites (N-methyl/N-ethyl adjacent to an activating group) is 1. The van der Waals surface area contributed by atoms with Crippen LogP contribution in [-0.4, -0.2) is 48.0 Å². The van der Waals surface area contributed by atoms with Crippen LogP contribution in [0.1, 0.15) is 6.42 Å². The van der Waals surface area contributed by atoms with E-state index in [0.29, 0.717) is 12.1 Å². The van der Waals surface area contributed by atoms with Crippen molar-refractivity contribution in [3.05, 3.63) is 0 Å². The summed E-state index contributed by atoms with van der Waals surface area (Å²) in [7, 11) is 2.14. The molecule has 0 aromatic heterocycles. The van der Waals surface area contributed by atoms with E-state index in [9.17, 15) is 0 Å². The summed E-state index contributed by atoms with van der Waals surface area (Å²) in [6.45, 7) is 2.03. The molecule has 3 N–H and O–H groups in total. The molecule has 2 rings (SSSR count). The largest absolute Gasteiger partial charge is 0.370 e. The normalized spacial score (nSPS) is 36.6. The number of hydrogen-bond donors (Lipinski definition) is 2. The second-order valence-electron chi connectivity index (χ2n) is 3.52. The van der Waals surface area contributed by atoms with Crippen LogP contribution in [0, 0.1) is 5.41 Å². The van der Waals surface area contributed by atoms with Gasteiger partial charge >= 0.3 is 0 Å². The first-order chi connectivity index (χ1) is 5.18. The summed E-state index contributed by atoms with van der Waals surface area (Å²) < 4.78 is 0. The van der Waals surface area contributed by atoms with Crippen LogP contribution in [0.25, 0.3) is 0 Å². The molecule has 2 saturated heterocycles. The number of piperazine rings is 1. The molecular weight excluding hydrogens is 140 g/mol. The van der Waals surface area contributed by atoms with Gasteiger partial charge in [-0.1, -0.05) is 0 Å². The van der Waals surface area contributed by atoms with Crippen LogP contribution in [-0.2, 0) is 0 Å². The molecule has 0 saturated carbocycles. The number of likely N-dealkylation sites (tertiary alicyclic amines) is 2. The Labute approximate surface area is 66.5 Å². The Morgan fingerprint density at radius 1 is 1.45 bits per heavy atom. The van der Waals surface area contributed by atoms with Crippen molar-refractivity contribution in [2.24, 2.45) is 5.73 Å². The fourth-order valence-corrected chi connectivity index (χ4v) is 2.16. The van der Waals surface area contributed by atoms with E-state index in [-0.39, 0.29) is 5.96 Å². The minimum atomic E-state index is 0.241. The van der Waals surface area contributed by atoms with E-state index in [4.69, 9.17) is 11.1 Å². The topological polar surface area (TPSA) is 56.4 Å². The molecule has 0 spiro atoms. The van der Waals surface area contributed by atoms with Gasteiger partial charge in [0.05, 0.1) is 0 Å². The van der Waals surface area contributed by atoms with Crippen LogP contribution in [0.3, 0.4) is 0 Å². The molecule has 2 bridgehead atoms. The summed E-state index contributed by atoms with van der Waals surface area (Å²) in [5.74, 6) is 0.241. The molecule has 4 heteroatoms. The maximum atomic E-state index is 7.30. The van der Waals surface area contributed by atoms with E-state index in [2.05, 4.69) is 11.9 Å². The predicted molar refractivity (Wildman–Crippen MR) is 43.4 cm³/mol. The molecular formula is C7H14N4. The van der Waals surface area contributed by atoms with Crippen molar-refractivity contribution in [1.29, 1.82) is 5.41 Å². The lowest BCUT2D eigenvalue weighted by Crippen LogP contribution is -2.49. The summed E-state index contributed by atoms with van der Waals surface area (Å²) in [6, 6.07) is 1.16. The molecule has 0 aromatic rings. The quantitative estimate of drug-likeness (QED) is 0.357. The first-order valence-corrected chi connectivity index (χ1v) is 3.99. The molecule has 0 radical (unpaired) electrons. The summed E-state index contributed by atoms with van der Waals surface area (Å²) in [5.41, 5.74) is 5.42. The smallest absolute Gasteiger partial charge is 0.188 e. The minimum absolute atomic E-state index is 0.241. The third-order valence-electron chi connectivity index (χ3n) is 2.82. The molecule has 4 nitrogen and oxygen atoms in total. The number of rotatable bonds is 0. The molecule has 2 heterocycles. The van der Waals surface area contributed by atoms with E-state index >= 15 is 0 Å². The second-order valence-corrected chi connectivity index (χ2v) is 3.52. The molecule has 62 valence electrons. The van der Waals surface area contributed by atoms with E-state index in [1.807, 2.05) is 4.90 Å². The Morgan fingerprint density at radius 2 is 2.18 bits per heavy atom. The monoisotopic (exact) mass is 154 g/mol. The van der Waals surface area contributed by atoms with Crippen LogP contribution < -0.4 is 5.73 Å². The van der Waals surface area contributed by atoms with Crippen LogP contribution >= 0.6 is 0 Å². The van der Waals surface area contributed by atoms with Gasteiger partial charge in [-0.15, -0.1) is 0 Å². The molecule has 2 aliphatic heterocycles. The van der Waals surface area contributed by atoms with Crippen LogP contribution in [0.2, 0.25) is 0 Å². The first kappa shape index (κ1) is 6.91. The standard InChI is InChI=1S/C7H14N4/c1-10-3-6-2-5(10)4-11(6)7(8)9/h5-6H,2-4H2,1H3,(H3,8,9)/t5-,6-/m0/s1. The second kappa shape index (κ2) is 2.11. The van der Waals surface area contributed by atoms with Gasteiger partial charge in [0.1, 0.15) is 0 Å². The van der Waals surface area contributed by atoms with E-state index < -0.39 is 0 Å². The Bertz CT molecular complexity index is 189. The van der Waals surface area contributed by atoms with Gasteiger partial charge in [-0.2, -0.15) is 0 Å². The lowest BCUT2D eigenvalue weighted by atomic mass is 10.2. The maximum Gasteiger partial charge on any atom is 0.188 e. The number of guanidine groups is 1. The number of fused-ring (bicyclic) bond motifs is 2. The third kappa shape index (κ3) is 0.894. The van der Waals surface area contributed by atoms with Gasteiger partial charge in [0.25, 0.3) is 0 Å². The van der Waals surface area contributed by atoms with Gasteiger partial charge in [0, 0.05) is 25.2 Å². The van der Waals surface area contributed by atoms with Crippen molar-refractivity contribution < 1.29 is 0 Å². The SMILES string of the molecule is CN1C[C@@H]2C[C@H]1CN2C(=N)N. The molecule has 2 atom stereocenters. The van der Waals surface area contributed by atoms with E-state index in [1.165, 1.54) is 6.42 Å². The first-order valence-electron chi connectivity index (χ1n) is 3.99. The molecule has 2 fully saturated rings. The number of nitrogens with one attached hydrogen (secondary N) is 1. The van der Waals surface area contributed by atoms with Crippen LogP contribution in [0.4, 0.5) is 0 Å². The van der Waals surface area contributed by atoms with E-state index in [1.54, 1.807) is 0 Å². The zero-order chi connectivity index (χ0) is 8.01. The van der Waals surface area contributed by atoms with Crippen molar-refractivity contribution in [2.45, 2.75) is 18.5 Å². The van der Waals surface area contributed by atoms with Crippen LogP contribution in [0.15, 0.2) is 0 Å². The lowest BCUT2D eigenvalue weighted by Gasteiger charge is -2.31. The van der Waals surface area contributed by atoms with Crippen LogP contribution in [0.5, 0.6) is 0 Å². The molecule has 11 heavy (non-hydrogen) atoms. The average molecular weight is 154 g/mol. The molecule has 0 aromatic carbocycles. The Balaban J connectivity index is 2.08. The number of hydrogen-bond acceptors (Lipinski definition) is 2. The minimum Gasteiger partial charge on any atom is -0.370 e. The summed E-state index contributed by atoms with van der Waals surface area (Å²) in [6.07, 6.45) is 1.19. The highest BCUT2D eigenvalue weighted by atomic mass is 15.4. The van der Waals surface area contributed by atoms with E-state index in [0.717, 1.165) is 13.1 Å². The highest BCUT2D eigenvalue weighted by Crippen LogP contribution is 2.28. The molecule has 0 unspecified atom stereocenters. The van der Waals surface area contributed by atoms with Gasteiger partial charge in [-0.25, -0.2) is 0 Å². The lowest BCUT2D eigenvalue weighted by molar-refractivity contribution is 0.208. The highest BCUT2D eigenvalue weighted by Gasteiger charge is 2.41. The average Bonchev–Trinajstić information content (AvgIpc) is 2.43. The number of nitrogens with two attached hydrogens (primary N) is 1. The zero-order valence-electron chi connectivity index (χ0n) is 6.75. The van der Waals surface area contributed by atoms with Crippen molar-refractivity contribution in [3.63, 3.8) is 0 Å². The van der Waals surface area contributed by atoms with Crippen molar-refractivity contribution in [1.82, 2.24) is 9.80 Å². The molecule has 2 aliphatic rings. The molecule has 0 aliphatic carbocycles. The Hall–Kier alpha value is -0.770. The maximum absolute atomic E-state index is 7.30. The fourth-order valence-electron chi connectivity index (χ4n) is 2.16. The summed E-state index contributed by atoms with van der Waals surface area (Å²) >= 11 is 0. The predicted octanol–water partition coefficient (Wildman–Crippen LogP) is -0.732. The van der Waals surface area contributed by atoms with Crippen molar-refractivity contribution >= 4 is 5.96 Å².